The normalized spacial score (nSPS) is 16.4. The zero-order valence-corrected chi connectivity index (χ0v) is 9.66. The molecule has 1 saturated carbocycles. The fourth-order valence-electron chi connectivity index (χ4n) is 1.56. The molecule has 1 aromatic rings. The van der Waals surface area contributed by atoms with Crippen molar-refractivity contribution in [3.8, 4) is 5.88 Å². The van der Waals surface area contributed by atoms with E-state index in [1.54, 1.807) is 6.20 Å². The Kier molecular flexibility index (Phi) is 3.40. The van der Waals surface area contributed by atoms with Crippen molar-refractivity contribution in [1.29, 1.82) is 0 Å². The second kappa shape index (κ2) is 4.78. The van der Waals surface area contributed by atoms with Gasteiger partial charge in [0.15, 0.2) is 0 Å². The maximum Gasteiger partial charge on any atom is 0.213 e. The van der Waals surface area contributed by atoms with Crippen LogP contribution in [0.5, 0.6) is 5.88 Å². The van der Waals surface area contributed by atoms with Crippen LogP contribution in [0, 0.1) is 5.92 Å². The van der Waals surface area contributed by atoms with Crippen LogP contribution in [0.3, 0.4) is 0 Å². The molecule has 14 heavy (non-hydrogen) atoms. The van der Waals surface area contributed by atoms with Gasteiger partial charge < -0.3 is 4.74 Å². The molecule has 76 valence electrons. The summed E-state index contributed by atoms with van der Waals surface area (Å²) in [5, 5.41) is 0. The number of halogens is 1. The van der Waals surface area contributed by atoms with Crippen LogP contribution in [0.2, 0.25) is 0 Å². The van der Waals surface area contributed by atoms with Crippen molar-refractivity contribution in [3.63, 3.8) is 0 Å². The lowest BCUT2D eigenvalue weighted by molar-refractivity contribution is 0.217. The quantitative estimate of drug-likeness (QED) is 0.823. The molecule has 0 aromatic carbocycles. The first-order valence-corrected chi connectivity index (χ1v) is 5.88. The fraction of sp³-hybridized carbons (Fsp3) is 0.545. The van der Waals surface area contributed by atoms with Gasteiger partial charge in [-0.1, -0.05) is 19.3 Å². The summed E-state index contributed by atoms with van der Waals surface area (Å²) in [5.74, 6) is 1.64. The Bertz CT molecular complexity index is 282. The van der Waals surface area contributed by atoms with Crippen molar-refractivity contribution in [2.45, 2.75) is 25.7 Å². The number of hydrogen-bond acceptors (Lipinski definition) is 2. The highest BCUT2D eigenvalue weighted by molar-refractivity contribution is 9.10. The molecule has 0 unspecified atom stereocenters. The first kappa shape index (κ1) is 9.97. The highest BCUT2D eigenvalue weighted by Gasteiger charge is 2.16. The molecule has 0 bridgehead atoms. The summed E-state index contributed by atoms with van der Waals surface area (Å²) in [6.45, 7) is 0.805. The Morgan fingerprint density at radius 3 is 2.86 bits per heavy atom. The van der Waals surface area contributed by atoms with Crippen molar-refractivity contribution in [3.05, 3.63) is 22.8 Å². The lowest BCUT2D eigenvalue weighted by Crippen LogP contribution is -2.14. The van der Waals surface area contributed by atoms with Crippen LogP contribution in [0.15, 0.2) is 22.8 Å². The van der Waals surface area contributed by atoms with Crippen LogP contribution in [0.4, 0.5) is 0 Å². The van der Waals surface area contributed by atoms with Crippen molar-refractivity contribution >= 4 is 15.9 Å². The summed E-state index contributed by atoms with van der Waals surface area (Å²) < 4.78 is 6.53. The van der Waals surface area contributed by atoms with Gasteiger partial charge in [0.1, 0.15) is 0 Å². The SMILES string of the molecule is Brc1ccc(OCCC2CCC2)nc1. The van der Waals surface area contributed by atoms with Crippen LogP contribution in [0.1, 0.15) is 25.7 Å². The third-order valence-corrected chi connectivity index (χ3v) is 3.17. The third-order valence-electron chi connectivity index (χ3n) is 2.70. The van der Waals surface area contributed by atoms with E-state index in [1.165, 1.54) is 25.7 Å². The number of aromatic nitrogens is 1. The molecule has 1 aliphatic carbocycles. The first-order valence-electron chi connectivity index (χ1n) is 5.09. The highest BCUT2D eigenvalue weighted by Crippen LogP contribution is 2.29. The minimum absolute atomic E-state index is 0.729. The predicted molar refractivity (Wildman–Crippen MR) is 59.4 cm³/mol. The molecule has 0 aliphatic heterocycles. The number of nitrogens with zero attached hydrogens (tertiary/aromatic N) is 1. The number of ether oxygens (including phenoxy) is 1. The van der Waals surface area contributed by atoms with Crippen LogP contribution in [-0.4, -0.2) is 11.6 Å². The molecule has 0 amide bonds. The molecule has 3 heteroatoms. The predicted octanol–water partition coefficient (Wildman–Crippen LogP) is 3.41. The van der Waals surface area contributed by atoms with Crippen molar-refractivity contribution in [2.24, 2.45) is 5.92 Å². The van der Waals surface area contributed by atoms with E-state index in [-0.39, 0.29) is 0 Å². The van der Waals surface area contributed by atoms with E-state index in [9.17, 15) is 0 Å². The largest absolute Gasteiger partial charge is 0.478 e. The summed E-state index contributed by atoms with van der Waals surface area (Å²) >= 11 is 3.34. The van der Waals surface area contributed by atoms with E-state index in [0.29, 0.717) is 0 Å². The van der Waals surface area contributed by atoms with Gasteiger partial charge in [-0.2, -0.15) is 0 Å². The smallest absolute Gasteiger partial charge is 0.213 e. The molecule has 1 fully saturated rings. The lowest BCUT2D eigenvalue weighted by Gasteiger charge is -2.24. The van der Waals surface area contributed by atoms with Gasteiger partial charge in [-0.15, -0.1) is 0 Å². The van der Waals surface area contributed by atoms with E-state index < -0.39 is 0 Å². The first-order chi connectivity index (χ1) is 6.84. The van der Waals surface area contributed by atoms with Gasteiger partial charge in [-0.05, 0) is 34.3 Å². The van der Waals surface area contributed by atoms with Gasteiger partial charge >= 0.3 is 0 Å². The topological polar surface area (TPSA) is 22.1 Å². The zero-order valence-electron chi connectivity index (χ0n) is 8.08. The van der Waals surface area contributed by atoms with E-state index in [1.807, 2.05) is 12.1 Å². The summed E-state index contributed by atoms with van der Waals surface area (Å²) in [7, 11) is 0. The number of rotatable bonds is 4. The molecule has 1 aliphatic rings. The average Bonchev–Trinajstić information content (AvgIpc) is 2.12. The minimum Gasteiger partial charge on any atom is -0.478 e. The van der Waals surface area contributed by atoms with Gasteiger partial charge in [0.25, 0.3) is 0 Å². The molecule has 0 spiro atoms. The van der Waals surface area contributed by atoms with Crippen molar-refractivity contribution in [1.82, 2.24) is 4.98 Å². The Morgan fingerprint density at radius 1 is 1.43 bits per heavy atom. The zero-order chi connectivity index (χ0) is 9.80. The summed E-state index contributed by atoms with van der Waals surface area (Å²) in [6.07, 6.45) is 7.12. The van der Waals surface area contributed by atoms with Crippen molar-refractivity contribution in [2.75, 3.05) is 6.61 Å². The number of hydrogen-bond donors (Lipinski definition) is 0. The molecule has 1 heterocycles. The molecule has 0 saturated heterocycles. The summed E-state index contributed by atoms with van der Waals surface area (Å²) in [4.78, 5) is 4.15. The van der Waals surface area contributed by atoms with Crippen LogP contribution in [-0.2, 0) is 0 Å². The third kappa shape index (κ3) is 2.71. The molecule has 1 aromatic heterocycles. The molecular weight excluding hydrogens is 242 g/mol. The monoisotopic (exact) mass is 255 g/mol. The molecule has 0 atom stereocenters. The summed E-state index contributed by atoms with van der Waals surface area (Å²) in [5.41, 5.74) is 0. The molecule has 0 N–H and O–H groups in total. The standard InChI is InChI=1S/C11H14BrNO/c12-10-4-5-11(13-8-10)14-7-6-9-2-1-3-9/h4-5,8-9H,1-3,6-7H2. The number of pyridine rings is 1. The van der Waals surface area contributed by atoms with Crippen LogP contribution >= 0.6 is 15.9 Å². The molecular formula is C11H14BrNO. The van der Waals surface area contributed by atoms with E-state index >= 15 is 0 Å². The van der Waals surface area contributed by atoms with Gasteiger partial charge in [0, 0.05) is 16.7 Å². The summed E-state index contributed by atoms with van der Waals surface area (Å²) in [6, 6.07) is 3.84. The lowest BCUT2D eigenvalue weighted by atomic mass is 9.83. The maximum atomic E-state index is 5.54. The Morgan fingerprint density at radius 2 is 2.29 bits per heavy atom. The van der Waals surface area contributed by atoms with Gasteiger partial charge in [0.2, 0.25) is 5.88 Å². The highest BCUT2D eigenvalue weighted by atomic mass is 79.9. The molecule has 2 nitrogen and oxygen atoms in total. The average molecular weight is 256 g/mol. The fourth-order valence-corrected chi connectivity index (χ4v) is 1.79. The molecule has 2 rings (SSSR count). The molecule has 0 radical (unpaired) electrons. The van der Waals surface area contributed by atoms with E-state index in [4.69, 9.17) is 4.74 Å². The minimum atomic E-state index is 0.729. The van der Waals surface area contributed by atoms with Crippen LogP contribution in [0.25, 0.3) is 0 Å². The second-order valence-corrected chi connectivity index (χ2v) is 4.66. The van der Waals surface area contributed by atoms with Gasteiger partial charge in [-0.3, -0.25) is 0 Å². The maximum absolute atomic E-state index is 5.54. The van der Waals surface area contributed by atoms with Gasteiger partial charge in [0.05, 0.1) is 6.61 Å². The van der Waals surface area contributed by atoms with Crippen molar-refractivity contribution < 1.29 is 4.74 Å². The second-order valence-electron chi connectivity index (χ2n) is 3.75. The van der Waals surface area contributed by atoms with E-state index in [2.05, 4.69) is 20.9 Å². The van der Waals surface area contributed by atoms with Gasteiger partial charge in [-0.25, -0.2) is 4.98 Å². The Labute approximate surface area is 92.8 Å². The Balaban J connectivity index is 1.71. The van der Waals surface area contributed by atoms with Crippen LogP contribution < -0.4 is 4.74 Å². The van der Waals surface area contributed by atoms with E-state index in [0.717, 1.165) is 22.9 Å². The Hall–Kier alpha value is -0.570.